The minimum atomic E-state index is -0.294. The SMILES string of the molecule is CC(=O)C1(c2c(Cl)cccc2Br)CC1. The van der Waals surface area contributed by atoms with Crippen LogP contribution in [-0.2, 0) is 10.2 Å². The lowest BCUT2D eigenvalue weighted by Crippen LogP contribution is -2.18. The molecule has 0 heterocycles. The Labute approximate surface area is 96.6 Å². The Kier molecular flexibility index (Phi) is 2.44. The largest absolute Gasteiger partial charge is 0.299 e. The number of rotatable bonds is 2. The molecule has 1 saturated carbocycles. The molecule has 1 aromatic carbocycles. The fourth-order valence-corrected chi connectivity index (χ4v) is 3.07. The second-order valence-electron chi connectivity index (χ2n) is 3.73. The molecule has 1 aliphatic carbocycles. The molecular formula is C11H10BrClO. The van der Waals surface area contributed by atoms with Gasteiger partial charge in [-0.25, -0.2) is 0 Å². The third kappa shape index (κ3) is 1.41. The maximum Gasteiger partial charge on any atom is 0.140 e. The van der Waals surface area contributed by atoms with Gasteiger partial charge in [0.1, 0.15) is 5.78 Å². The van der Waals surface area contributed by atoms with Crippen LogP contribution >= 0.6 is 27.5 Å². The highest BCUT2D eigenvalue weighted by molar-refractivity contribution is 9.10. The molecular weight excluding hydrogens is 263 g/mol. The lowest BCUT2D eigenvalue weighted by atomic mass is 9.92. The van der Waals surface area contributed by atoms with E-state index >= 15 is 0 Å². The zero-order valence-electron chi connectivity index (χ0n) is 7.81. The van der Waals surface area contributed by atoms with Crippen LogP contribution in [0.5, 0.6) is 0 Å². The molecule has 0 unspecified atom stereocenters. The molecule has 3 heteroatoms. The summed E-state index contributed by atoms with van der Waals surface area (Å²) in [6.45, 7) is 1.64. The van der Waals surface area contributed by atoms with Crippen molar-refractivity contribution in [3.05, 3.63) is 33.3 Å². The Bertz CT molecular complexity index is 376. The van der Waals surface area contributed by atoms with Crippen LogP contribution in [0, 0.1) is 0 Å². The van der Waals surface area contributed by atoms with Crippen LogP contribution < -0.4 is 0 Å². The highest BCUT2D eigenvalue weighted by Crippen LogP contribution is 2.53. The molecule has 0 amide bonds. The van der Waals surface area contributed by atoms with Crippen LogP contribution in [0.25, 0.3) is 0 Å². The molecule has 0 bridgehead atoms. The smallest absolute Gasteiger partial charge is 0.140 e. The highest BCUT2D eigenvalue weighted by Gasteiger charge is 2.50. The lowest BCUT2D eigenvalue weighted by Gasteiger charge is -2.15. The molecule has 74 valence electrons. The lowest BCUT2D eigenvalue weighted by molar-refractivity contribution is -0.119. The van der Waals surface area contributed by atoms with E-state index < -0.39 is 0 Å². The molecule has 14 heavy (non-hydrogen) atoms. The first kappa shape index (κ1) is 10.2. The standard InChI is InChI=1S/C11H10BrClO/c1-7(14)11(5-6-11)10-8(12)3-2-4-9(10)13/h2-4H,5-6H2,1H3. The summed E-state index contributed by atoms with van der Waals surface area (Å²) < 4.78 is 0.942. The number of hydrogen-bond acceptors (Lipinski definition) is 1. The number of hydrogen-bond donors (Lipinski definition) is 0. The minimum absolute atomic E-state index is 0.214. The Balaban J connectivity index is 2.56. The molecule has 0 atom stereocenters. The van der Waals surface area contributed by atoms with Gasteiger partial charge in [0, 0.05) is 9.50 Å². The molecule has 0 N–H and O–H groups in total. The molecule has 1 aliphatic rings. The molecule has 0 saturated heterocycles. The van der Waals surface area contributed by atoms with E-state index in [-0.39, 0.29) is 11.2 Å². The molecule has 2 rings (SSSR count). The molecule has 0 spiro atoms. The summed E-state index contributed by atoms with van der Waals surface area (Å²) in [5.74, 6) is 0.214. The van der Waals surface area contributed by atoms with Crippen molar-refractivity contribution in [1.29, 1.82) is 0 Å². The quantitative estimate of drug-likeness (QED) is 0.802. The van der Waals surface area contributed by atoms with E-state index in [2.05, 4.69) is 15.9 Å². The van der Waals surface area contributed by atoms with Crippen molar-refractivity contribution < 1.29 is 4.79 Å². The minimum Gasteiger partial charge on any atom is -0.299 e. The molecule has 1 fully saturated rings. The monoisotopic (exact) mass is 272 g/mol. The Morgan fingerprint density at radius 3 is 2.57 bits per heavy atom. The predicted octanol–water partition coefficient (Wildman–Crippen LogP) is 3.72. The zero-order chi connectivity index (χ0) is 10.3. The first-order valence-electron chi connectivity index (χ1n) is 4.53. The van der Waals surface area contributed by atoms with E-state index in [1.165, 1.54) is 0 Å². The Hall–Kier alpha value is -0.340. The summed E-state index contributed by atoms with van der Waals surface area (Å²) >= 11 is 9.57. The summed E-state index contributed by atoms with van der Waals surface area (Å²) in [6.07, 6.45) is 1.84. The second kappa shape index (κ2) is 3.35. The van der Waals surface area contributed by atoms with E-state index in [1.54, 1.807) is 6.92 Å². The normalized spacial score (nSPS) is 17.9. The molecule has 1 nitrogen and oxygen atoms in total. The van der Waals surface area contributed by atoms with Crippen molar-refractivity contribution in [2.45, 2.75) is 25.2 Å². The van der Waals surface area contributed by atoms with Gasteiger partial charge >= 0.3 is 0 Å². The van der Waals surface area contributed by atoms with Gasteiger partial charge in [-0.1, -0.05) is 33.6 Å². The molecule has 1 aromatic rings. The first-order valence-corrected chi connectivity index (χ1v) is 5.70. The van der Waals surface area contributed by atoms with Gasteiger partial charge in [0.2, 0.25) is 0 Å². The van der Waals surface area contributed by atoms with Crippen molar-refractivity contribution in [2.75, 3.05) is 0 Å². The average Bonchev–Trinajstić information content (AvgIpc) is 2.85. The third-order valence-electron chi connectivity index (χ3n) is 2.87. The summed E-state index contributed by atoms with van der Waals surface area (Å²) in [7, 11) is 0. The number of carbonyl (C=O) groups is 1. The Morgan fingerprint density at radius 2 is 2.14 bits per heavy atom. The molecule has 0 aliphatic heterocycles. The van der Waals surface area contributed by atoms with Crippen molar-refractivity contribution in [2.24, 2.45) is 0 Å². The van der Waals surface area contributed by atoms with E-state index in [4.69, 9.17) is 11.6 Å². The van der Waals surface area contributed by atoms with Gasteiger partial charge in [0.05, 0.1) is 5.41 Å². The van der Waals surface area contributed by atoms with Gasteiger partial charge < -0.3 is 0 Å². The van der Waals surface area contributed by atoms with Gasteiger partial charge in [-0.15, -0.1) is 0 Å². The number of carbonyl (C=O) groups excluding carboxylic acids is 1. The van der Waals surface area contributed by atoms with Crippen molar-refractivity contribution in [1.82, 2.24) is 0 Å². The van der Waals surface area contributed by atoms with Gasteiger partial charge in [-0.2, -0.15) is 0 Å². The van der Waals surface area contributed by atoms with E-state index in [1.807, 2.05) is 18.2 Å². The number of ketones is 1. The number of halogens is 2. The van der Waals surface area contributed by atoms with Crippen LogP contribution in [0.1, 0.15) is 25.3 Å². The van der Waals surface area contributed by atoms with Crippen LogP contribution in [0.3, 0.4) is 0 Å². The van der Waals surface area contributed by atoms with Crippen LogP contribution in [0.4, 0.5) is 0 Å². The summed E-state index contributed by atoms with van der Waals surface area (Å²) in [5.41, 5.74) is 0.672. The van der Waals surface area contributed by atoms with E-state index in [9.17, 15) is 4.79 Å². The first-order chi connectivity index (χ1) is 6.58. The number of Topliss-reactive ketones (excluding diaryl/α,β-unsaturated/α-hetero) is 1. The molecule has 0 aromatic heterocycles. The summed E-state index contributed by atoms with van der Waals surface area (Å²) in [5, 5.41) is 0.687. The van der Waals surface area contributed by atoms with E-state index in [0.29, 0.717) is 5.02 Å². The summed E-state index contributed by atoms with van der Waals surface area (Å²) in [6, 6.07) is 5.65. The average molecular weight is 274 g/mol. The summed E-state index contributed by atoms with van der Waals surface area (Å²) in [4.78, 5) is 11.6. The van der Waals surface area contributed by atoms with Crippen LogP contribution in [0.2, 0.25) is 5.02 Å². The third-order valence-corrected chi connectivity index (χ3v) is 3.84. The van der Waals surface area contributed by atoms with E-state index in [0.717, 1.165) is 22.9 Å². The zero-order valence-corrected chi connectivity index (χ0v) is 10.2. The molecule has 0 radical (unpaired) electrons. The van der Waals surface area contributed by atoms with Crippen LogP contribution in [-0.4, -0.2) is 5.78 Å². The van der Waals surface area contributed by atoms with Crippen molar-refractivity contribution >= 4 is 33.3 Å². The van der Waals surface area contributed by atoms with Gasteiger partial charge in [0.25, 0.3) is 0 Å². The fourth-order valence-electron chi connectivity index (χ4n) is 1.86. The van der Waals surface area contributed by atoms with Gasteiger partial charge in [0.15, 0.2) is 0 Å². The van der Waals surface area contributed by atoms with Crippen molar-refractivity contribution in [3.63, 3.8) is 0 Å². The maximum atomic E-state index is 11.6. The highest BCUT2D eigenvalue weighted by atomic mass is 79.9. The number of benzene rings is 1. The predicted molar refractivity (Wildman–Crippen MR) is 60.7 cm³/mol. The van der Waals surface area contributed by atoms with Crippen molar-refractivity contribution in [3.8, 4) is 0 Å². The Morgan fingerprint density at radius 1 is 1.50 bits per heavy atom. The van der Waals surface area contributed by atoms with Gasteiger partial charge in [-0.3, -0.25) is 4.79 Å². The fraction of sp³-hybridized carbons (Fsp3) is 0.364. The maximum absolute atomic E-state index is 11.6. The van der Waals surface area contributed by atoms with Crippen LogP contribution in [0.15, 0.2) is 22.7 Å². The second-order valence-corrected chi connectivity index (χ2v) is 5.00. The van der Waals surface area contributed by atoms with Gasteiger partial charge in [-0.05, 0) is 37.5 Å². The topological polar surface area (TPSA) is 17.1 Å².